The molecule has 0 aliphatic heterocycles. The van der Waals surface area contributed by atoms with Gasteiger partial charge in [0.25, 0.3) is 10.0 Å². The van der Waals surface area contributed by atoms with Crippen LogP contribution in [0.5, 0.6) is 0 Å². The molecule has 1 aromatic heterocycles. The van der Waals surface area contributed by atoms with Gasteiger partial charge in [0, 0.05) is 25.5 Å². The summed E-state index contributed by atoms with van der Waals surface area (Å²) in [5.41, 5.74) is 1.03. The van der Waals surface area contributed by atoms with E-state index in [2.05, 4.69) is 5.32 Å². The zero-order valence-corrected chi connectivity index (χ0v) is 11.7. The highest BCUT2D eigenvalue weighted by atomic mass is 32.2. The molecule has 1 aromatic rings. The van der Waals surface area contributed by atoms with Crippen LogP contribution < -0.4 is 5.32 Å². The summed E-state index contributed by atoms with van der Waals surface area (Å²) in [5, 5.41) is 3.20. The molecule has 0 unspecified atom stereocenters. The number of rotatable bonds is 5. The highest BCUT2D eigenvalue weighted by Crippen LogP contribution is 2.27. The Hall–Kier alpha value is -0.430. The van der Waals surface area contributed by atoms with E-state index in [9.17, 15) is 8.42 Å². The molecule has 0 bridgehead atoms. The van der Waals surface area contributed by atoms with E-state index in [0.29, 0.717) is 4.21 Å². The van der Waals surface area contributed by atoms with Crippen LogP contribution >= 0.6 is 11.3 Å². The first kappa shape index (κ1) is 13.6. The Bertz CT molecular complexity index is 449. The number of nitrogens with one attached hydrogen (secondary N) is 1. The predicted octanol–water partition coefficient (Wildman–Crippen LogP) is 1.42. The predicted molar refractivity (Wildman–Crippen MR) is 67.3 cm³/mol. The Labute approximate surface area is 101 Å². The van der Waals surface area contributed by atoms with Gasteiger partial charge in [0.1, 0.15) is 4.21 Å². The van der Waals surface area contributed by atoms with Crippen molar-refractivity contribution < 1.29 is 8.42 Å². The topological polar surface area (TPSA) is 49.4 Å². The van der Waals surface area contributed by atoms with Crippen molar-refractivity contribution in [2.24, 2.45) is 0 Å². The Kier molecular flexibility index (Phi) is 4.49. The summed E-state index contributed by atoms with van der Waals surface area (Å²) in [5.74, 6) is 0. The van der Waals surface area contributed by atoms with Gasteiger partial charge in [0.2, 0.25) is 0 Å². The van der Waals surface area contributed by atoms with Crippen molar-refractivity contribution in [3.05, 3.63) is 16.5 Å². The van der Waals surface area contributed by atoms with Gasteiger partial charge in [-0.25, -0.2) is 12.7 Å². The molecule has 0 saturated carbocycles. The molecule has 4 nitrogen and oxygen atoms in total. The minimum Gasteiger partial charge on any atom is -0.312 e. The molecule has 0 aliphatic carbocycles. The van der Waals surface area contributed by atoms with Gasteiger partial charge in [-0.05, 0) is 25.1 Å². The van der Waals surface area contributed by atoms with Crippen LogP contribution in [-0.4, -0.2) is 33.4 Å². The van der Waals surface area contributed by atoms with Crippen LogP contribution in [0.3, 0.4) is 0 Å². The summed E-state index contributed by atoms with van der Waals surface area (Å²) in [6.07, 6.45) is 0. The van der Waals surface area contributed by atoms with Gasteiger partial charge in [-0.1, -0.05) is 6.92 Å². The fourth-order valence-corrected chi connectivity index (χ4v) is 3.94. The van der Waals surface area contributed by atoms with Gasteiger partial charge in [-0.3, -0.25) is 0 Å². The smallest absolute Gasteiger partial charge is 0.252 e. The molecule has 0 amide bonds. The molecular formula is C10H18N2O2S2. The van der Waals surface area contributed by atoms with Crippen molar-refractivity contribution in [2.75, 3.05) is 20.6 Å². The van der Waals surface area contributed by atoms with Crippen LogP contribution in [0.1, 0.15) is 17.4 Å². The van der Waals surface area contributed by atoms with Crippen LogP contribution in [0.4, 0.5) is 0 Å². The first-order valence-corrected chi connectivity index (χ1v) is 7.37. The summed E-state index contributed by atoms with van der Waals surface area (Å²) >= 11 is 1.34. The van der Waals surface area contributed by atoms with E-state index in [0.717, 1.165) is 23.5 Å². The summed E-state index contributed by atoms with van der Waals surface area (Å²) in [6, 6.07) is 1.74. The maximum absolute atomic E-state index is 11.9. The van der Waals surface area contributed by atoms with Crippen molar-refractivity contribution in [3.8, 4) is 0 Å². The van der Waals surface area contributed by atoms with Crippen molar-refractivity contribution in [2.45, 2.75) is 24.6 Å². The average molecular weight is 262 g/mol. The molecule has 0 atom stereocenters. The summed E-state index contributed by atoms with van der Waals surface area (Å²) < 4.78 is 25.4. The van der Waals surface area contributed by atoms with Gasteiger partial charge in [-0.2, -0.15) is 0 Å². The molecule has 0 spiro atoms. The number of sulfonamides is 1. The van der Waals surface area contributed by atoms with Gasteiger partial charge in [0.15, 0.2) is 0 Å². The summed E-state index contributed by atoms with van der Waals surface area (Å²) in [7, 11) is -0.180. The lowest BCUT2D eigenvalue weighted by Gasteiger charge is -2.08. The maximum atomic E-state index is 11.9. The number of aryl methyl sites for hydroxylation is 1. The molecule has 0 aromatic carbocycles. The van der Waals surface area contributed by atoms with Gasteiger partial charge in [-0.15, -0.1) is 11.3 Å². The first-order valence-electron chi connectivity index (χ1n) is 5.12. The molecular weight excluding hydrogens is 244 g/mol. The number of hydrogen-bond donors (Lipinski definition) is 1. The largest absolute Gasteiger partial charge is 0.312 e. The maximum Gasteiger partial charge on any atom is 0.252 e. The Morgan fingerprint density at radius 3 is 2.56 bits per heavy atom. The second-order valence-electron chi connectivity index (χ2n) is 3.74. The summed E-state index contributed by atoms with van der Waals surface area (Å²) in [4.78, 5) is 1.09. The number of thiophene rings is 1. The fraction of sp³-hybridized carbons (Fsp3) is 0.600. The Morgan fingerprint density at radius 2 is 2.06 bits per heavy atom. The molecule has 0 saturated heterocycles. The lowest BCUT2D eigenvalue weighted by molar-refractivity contribution is 0.523. The second kappa shape index (κ2) is 5.27. The van der Waals surface area contributed by atoms with E-state index in [1.807, 2.05) is 13.8 Å². The second-order valence-corrected chi connectivity index (χ2v) is 7.25. The van der Waals surface area contributed by atoms with E-state index >= 15 is 0 Å². The van der Waals surface area contributed by atoms with Crippen LogP contribution in [0.15, 0.2) is 10.3 Å². The quantitative estimate of drug-likeness (QED) is 0.873. The normalized spacial score (nSPS) is 12.3. The third-order valence-electron chi connectivity index (χ3n) is 2.27. The molecule has 1 rings (SSSR count). The molecule has 0 fully saturated rings. The third-order valence-corrected chi connectivity index (χ3v) is 5.77. The van der Waals surface area contributed by atoms with Crippen molar-refractivity contribution in [3.63, 3.8) is 0 Å². The van der Waals surface area contributed by atoms with Crippen LogP contribution in [-0.2, 0) is 16.6 Å². The minimum absolute atomic E-state index is 0.419. The third kappa shape index (κ3) is 2.82. The zero-order chi connectivity index (χ0) is 12.3. The highest BCUT2D eigenvalue weighted by Gasteiger charge is 2.20. The van der Waals surface area contributed by atoms with E-state index in [1.165, 1.54) is 15.6 Å². The van der Waals surface area contributed by atoms with Crippen molar-refractivity contribution in [1.82, 2.24) is 9.62 Å². The van der Waals surface area contributed by atoms with Crippen LogP contribution in [0.2, 0.25) is 0 Å². The lowest BCUT2D eigenvalue weighted by Crippen LogP contribution is -2.21. The molecule has 92 valence electrons. The minimum atomic E-state index is -3.28. The molecule has 1 heterocycles. The summed E-state index contributed by atoms with van der Waals surface area (Å²) in [6.45, 7) is 5.58. The van der Waals surface area contributed by atoms with Crippen molar-refractivity contribution in [1.29, 1.82) is 0 Å². The first-order chi connectivity index (χ1) is 7.39. The average Bonchev–Trinajstić information content (AvgIpc) is 2.57. The molecule has 1 N–H and O–H groups in total. The SMILES string of the molecule is CCNCc1sc(S(=O)(=O)N(C)C)cc1C. The van der Waals surface area contributed by atoms with Gasteiger partial charge >= 0.3 is 0 Å². The van der Waals surface area contributed by atoms with Crippen LogP contribution in [0.25, 0.3) is 0 Å². The van der Waals surface area contributed by atoms with E-state index < -0.39 is 10.0 Å². The monoisotopic (exact) mass is 262 g/mol. The standard InChI is InChI=1S/C10H18N2O2S2/c1-5-11-7-9-8(2)6-10(15-9)16(13,14)12(3)4/h6,11H,5,7H2,1-4H3. The van der Waals surface area contributed by atoms with Crippen molar-refractivity contribution >= 4 is 21.4 Å². The Balaban J connectivity index is 3.01. The fourth-order valence-electron chi connectivity index (χ4n) is 1.21. The highest BCUT2D eigenvalue weighted by molar-refractivity contribution is 7.91. The van der Waals surface area contributed by atoms with E-state index in [1.54, 1.807) is 20.2 Å². The molecule has 0 radical (unpaired) electrons. The van der Waals surface area contributed by atoms with E-state index in [4.69, 9.17) is 0 Å². The zero-order valence-electron chi connectivity index (χ0n) is 10.1. The van der Waals surface area contributed by atoms with Gasteiger partial charge < -0.3 is 5.32 Å². The molecule has 0 aliphatic rings. The Morgan fingerprint density at radius 1 is 1.44 bits per heavy atom. The van der Waals surface area contributed by atoms with Crippen LogP contribution in [0, 0.1) is 6.92 Å². The number of nitrogens with zero attached hydrogens (tertiary/aromatic N) is 1. The lowest BCUT2D eigenvalue weighted by atomic mass is 10.3. The number of hydrogen-bond acceptors (Lipinski definition) is 4. The molecule has 16 heavy (non-hydrogen) atoms. The van der Waals surface area contributed by atoms with E-state index in [-0.39, 0.29) is 0 Å². The van der Waals surface area contributed by atoms with Gasteiger partial charge in [0.05, 0.1) is 0 Å². The molecule has 6 heteroatoms.